The van der Waals surface area contributed by atoms with Crippen LogP contribution in [0.3, 0.4) is 0 Å². The molecule has 0 heterocycles. The van der Waals surface area contributed by atoms with Gasteiger partial charge in [-0.05, 0) is 25.0 Å². The van der Waals surface area contributed by atoms with Crippen LogP contribution in [0.25, 0.3) is 0 Å². The number of hydrogen-bond acceptors (Lipinski definition) is 2. The highest BCUT2D eigenvalue weighted by Crippen LogP contribution is 2.18. The summed E-state index contributed by atoms with van der Waals surface area (Å²) in [5.74, 6) is -0.953. The maximum atomic E-state index is 13.4. The van der Waals surface area contributed by atoms with Crippen molar-refractivity contribution in [2.24, 2.45) is 0 Å². The molecule has 0 aliphatic heterocycles. The van der Waals surface area contributed by atoms with Gasteiger partial charge in [-0.15, -0.1) is 0 Å². The quantitative estimate of drug-likeness (QED) is 0.908. The van der Waals surface area contributed by atoms with Gasteiger partial charge in [0.2, 0.25) is 5.91 Å². The summed E-state index contributed by atoms with van der Waals surface area (Å²) in [5, 5.41) is 2.84. The summed E-state index contributed by atoms with van der Waals surface area (Å²) in [5.41, 5.74) is 0. The number of benzene rings is 1. The first-order chi connectivity index (χ1) is 8.66. The van der Waals surface area contributed by atoms with E-state index in [9.17, 15) is 13.4 Å². The Morgan fingerprint density at radius 2 is 2.00 bits per heavy atom. The van der Waals surface area contributed by atoms with Gasteiger partial charge in [0.15, 0.2) is 0 Å². The minimum absolute atomic E-state index is 0.0964. The van der Waals surface area contributed by atoms with E-state index in [0.717, 1.165) is 25.7 Å². The molecule has 0 aromatic heterocycles. The number of nitrogens with one attached hydrogen (secondary N) is 1. The molecule has 18 heavy (non-hydrogen) atoms. The van der Waals surface area contributed by atoms with Crippen molar-refractivity contribution in [1.82, 2.24) is 5.32 Å². The zero-order valence-corrected chi connectivity index (χ0v) is 10.8. The van der Waals surface area contributed by atoms with Crippen molar-refractivity contribution in [1.29, 1.82) is 0 Å². The molecule has 1 fully saturated rings. The Kier molecular flexibility index (Phi) is 4.47. The van der Waals surface area contributed by atoms with E-state index in [2.05, 4.69) is 5.32 Å². The molecule has 2 rings (SSSR count). The molecule has 3 nitrogen and oxygen atoms in total. The predicted octanol–water partition coefficient (Wildman–Crippen LogP) is 1.99. The van der Waals surface area contributed by atoms with Crippen LogP contribution in [0.4, 0.5) is 4.39 Å². The van der Waals surface area contributed by atoms with Crippen molar-refractivity contribution < 1.29 is 13.4 Å². The van der Waals surface area contributed by atoms with Crippen LogP contribution < -0.4 is 5.32 Å². The van der Waals surface area contributed by atoms with Gasteiger partial charge in [0.1, 0.15) is 11.6 Å². The van der Waals surface area contributed by atoms with Crippen LogP contribution in [0.5, 0.6) is 0 Å². The fourth-order valence-electron chi connectivity index (χ4n) is 2.17. The first-order valence-corrected chi connectivity index (χ1v) is 7.41. The van der Waals surface area contributed by atoms with E-state index in [1.165, 1.54) is 18.2 Å². The molecule has 1 amide bonds. The van der Waals surface area contributed by atoms with Crippen LogP contribution in [-0.2, 0) is 15.6 Å². The highest BCUT2D eigenvalue weighted by molar-refractivity contribution is 7.85. The number of carbonyl (C=O) groups excluding carboxylic acids is 1. The first kappa shape index (κ1) is 13.2. The summed E-state index contributed by atoms with van der Waals surface area (Å²) in [7, 11) is -1.61. The number of carbonyl (C=O) groups is 1. The van der Waals surface area contributed by atoms with Crippen LogP contribution in [0.2, 0.25) is 0 Å². The van der Waals surface area contributed by atoms with E-state index in [0.29, 0.717) is 0 Å². The van der Waals surface area contributed by atoms with Crippen LogP contribution in [0, 0.1) is 5.82 Å². The zero-order chi connectivity index (χ0) is 13.0. The van der Waals surface area contributed by atoms with Gasteiger partial charge in [0.25, 0.3) is 0 Å². The maximum absolute atomic E-state index is 13.4. The molecule has 0 radical (unpaired) electrons. The van der Waals surface area contributed by atoms with E-state index in [1.807, 2.05) is 0 Å². The average molecular weight is 269 g/mol. The summed E-state index contributed by atoms with van der Waals surface area (Å²) in [6.45, 7) is 0. The van der Waals surface area contributed by atoms with Gasteiger partial charge in [-0.1, -0.05) is 25.0 Å². The topological polar surface area (TPSA) is 46.2 Å². The van der Waals surface area contributed by atoms with Gasteiger partial charge in [-0.2, -0.15) is 0 Å². The fourth-order valence-corrected chi connectivity index (χ4v) is 3.16. The molecular weight excluding hydrogens is 253 g/mol. The van der Waals surface area contributed by atoms with Crippen LogP contribution >= 0.6 is 0 Å². The Morgan fingerprint density at radius 1 is 1.33 bits per heavy atom. The van der Waals surface area contributed by atoms with Crippen molar-refractivity contribution in [3.05, 3.63) is 30.1 Å². The molecule has 1 aromatic carbocycles. The number of halogens is 1. The molecule has 1 aliphatic carbocycles. The summed E-state index contributed by atoms with van der Waals surface area (Å²) < 4.78 is 25.2. The summed E-state index contributed by atoms with van der Waals surface area (Å²) in [4.78, 5) is 11.8. The van der Waals surface area contributed by atoms with Crippen molar-refractivity contribution in [2.75, 3.05) is 5.75 Å². The van der Waals surface area contributed by atoms with E-state index in [-0.39, 0.29) is 22.6 Å². The Bertz CT molecular complexity index is 458. The molecule has 1 saturated carbocycles. The minimum atomic E-state index is -1.61. The van der Waals surface area contributed by atoms with Crippen LogP contribution in [-0.4, -0.2) is 21.9 Å². The molecule has 1 N–H and O–H groups in total. The Morgan fingerprint density at radius 3 is 2.67 bits per heavy atom. The number of amides is 1. The molecule has 0 spiro atoms. The zero-order valence-electron chi connectivity index (χ0n) is 10.0. The molecular formula is C13H16FNO2S. The van der Waals surface area contributed by atoms with Gasteiger partial charge >= 0.3 is 0 Å². The van der Waals surface area contributed by atoms with Crippen LogP contribution in [0.1, 0.15) is 25.7 Å². The van der Waals surface area contributed by atoms with Gasteiger partial charge < -0.3 is 5.32 Å². The lowest BCUT2D eigenvalue weighted by molar-refractivity contribution is -0.119. The predicted molar refractivity (Wildman–Crippen MR) is 68.1 cm³/mol. The van der Waals surface area contributed by atoms with Crippen molar-refractivity contribution >= 4 is 16.7 Å². The third kappa shape index (κ3) is 3.38. The minimum Gasteiger partial charge on any atom is -0.353 e. The molecule has 0 saturated heterocycles. The molecule has 1 aromatic rings. The SMILES string of the molecule is O=C(CS(=O)c1ccccc1F)NC1CCCC1. The average Bonchev–Trinajstić information content (AvgIpc) is 2.82. The molecule has 1 atom stereocenters. The van der Waals surface area contributed by atoms with Gasteiger partial charge in [-0.25, -0.2) is 4.39 Å². The van der Waals surface area contributed by atoms with E-state index in [4.69, 9.17) is 0 Å². The standard InChI is InChI=1S/C13H16FNO2S/c14-11-7-3-4-8-12(11)18(17)9-13(16)15-10-5-1-2-6-10/h3-4,7-8,10H,1-2,5-6,9H2,(H,15,16). The molecule has 1 unspecified atom stereocenters. The second kappa shape index (κ2) is 6.09. The summed E-state index contributed by atoms with van der Waals surface area (Å²) in [6.07, 6.45) is 4.22. The molecule has 98 valence electrons. The van der Waals surface area contributed by atoms with Gasteiger partial charge in [0, 0.05) is 6.04 Å². The van der Waals surface area contributed by atoms with Crippen LogP contribution in [0.15, 0.2) is 29.2 Å². The third-order valence-corrected chi connectivity index (χ3v) is 4.41. The van der Waals surface area contributed by atoms with Gasteiger partial charge in [-0.3, -0.25) is 9.00 Å². The third-order valence-electron chi connectivity index (χ3n) is 3.06. The second-order valence-corrected chi connectivity index (χ2v) is 5.89. The smallest absolute Gasteiger partial charge is 0.233 e. The summed E-state index contributed by atoms with van der Waals surface area (Å²) >= 11 is 0. The van der Waals surface area contributed by atoms with E-state index in [1.54, 1.807) is 6.07 Å². The van der Waals surface area contributed by atoms with E-state index >= 15 is 0 Å². The highest BCUT2D eigenvalue weighted by Gasteiger charge is 2.19. The lowest BCUT2D eigenvalue weighted by Crippen LogP contribution is -2.35. The normalized spacial score (nSPS) is 17.6. The first-order valence-electron chi connectivity index (χ1n) is 6.09. The second-order valence-electron chi connectivity index (χ2n) is 4.47. The molecule has 1 aliphatic rings. The lowest BCUT2D eigenvalue weighted by atomic mass is 10.2. The Hall–Kier alpha value is -1.23. The summed E-state index contributed by atoms with van der Waals surface area (Å²) in [6, 6.07) is 6.06. The number of hydrogen-bond donors (Lipinski definition) is 1. The molecule has 0 bridgehead atoms. The van der Waals surface area contributed by atoms with Gasteiger partial charge in [0.05, 0.1) is 15.7 Å². The lowest BCUT2D eigenvalue weighted by Gasteiger charge is -2.11. The number of rotatable bonds is 4. The van der Waals surface area contributed by atoms with Crippen molar-refractivity contribution in [3.8, 4) is 0 Å². The van der Waals surface area contributed by atoms with Crippen molar-refractivity contribution in [2.45, 2.75) is 36.6 Å². The van der Waals surface area contributed by atoms with E-state index < -0.39 is 16.6 Å². The molecule has 5 heteroatoms. The Labute approximate surface area is 108 Å². The highest BCUT2D eigenvalue weighted by atomic mass is 32.2. The fraction of sp³-hybridized carbons (Fsp3) is 0.462. The maximum Gasteiger partial charge on any atom is 0.233 e. The largest absolute Gasteiger partial charge is 0.353 e. The monoisotopic (exact) mass is 269 g/mol. The Balaban J connectivity index is 1.91. The van der Waals surface area contributed by atoms with Crippen molar-refractivity contribution in [3.63, 3.8) is 0 Å².